The van der Waals surface area contributed by atoms with E-state index >= 15 is 0 Å². The van der Waals surface area contributed by atoms with Crippen LogP contribution in [0.15, 0.2) is 24.5 Å². The van der Waals surface area contributed by atoms with Crippen LogP contribution in [0.1, 0.15) is 19.8 Å². The molecule has 0 unspecified atom stereocenters. The van der Waals surface area contributed by atoms with Crippen molar-refractivity contribution in [3.05, 3.63) is 24.5 Å². The summed E-state index contributed by atoms with van der Waals surface area (Å²) in [6, 6.07) is 3.64. The van der Waals surface area contributed by atoms with Crippen LogP contribution in [-0.2, 0) is 0 Å². The minimum Gasteiger partial charge on any atom is -0.325 e. The third-order valence-corrected chi connectivity index (χ3v) is 2.98. The van der Waals surface area contributed by atoms with Crippen molar-refractivity contribution < 1.29 is 4.79 Å². The molecular weight excluding hydrogens is 202 g/mol. The summed E-state index contributed by atoms with van der Waals surface area (Å²) < 4.78 is 0. The van der Waals surface area contributed by atoms with Crippen molar-refractivity contribution in [1.29, 1.82) is 0 Å². The van der Waals surface area contributed by atoms with Gasteiger partial charge in [-0.2, -0.15) is 0 Å². The van der Waals surface area contributed by atoms with E-state index in [4.69, 9.17) is 0 Å². The Balaban J connectivity index is 1.89. The maximum Gasteiger partial charge on any atom is 0.321 e. The Hall–Kier alpha value is -1.58. The molecule has 86 valence electrons. The summed E-state index contributed by atoms with van der Waals surface area (Å²) in [6.07, 6.45) is 5.55. The largest absolute Gasteiger partial charge is 0.325 e. The van der Waals surface area contributed by atoms with Gasteiger partial charge in [-0.05, 0) is 30.9 Å². The highest BCUT2D eigenvalue weighted by Crippen LogP contribution is 2.16. The smallest absolute Gasteiger partial charge is 0.321 e. The number of urea groups is 1. The van der Waals surface area contributed by atoms with Crippen LogP contribution in [0.25, 0.3) is 0 Å². The number of likely N-dealkylation sites (tertiary alicyclic amines) is 1. The molecule has 1 aliphatic heterocycles. The number of carbonyl (C=O) groups is 1. The lowest BCUT2D eigenvalue weighted by Crippen LogP contribution is -2.40. The normalized spacial score (nSPS) is 17.2. The molecule has 0 spiro atoms. The van der Waals surface area contributed by atoms with Gasteiger partial charge < -0.3 is 10.2 Å². The first-order valence-corrected chi connectivity index (χ1v) is 5.71. The van der Waals surface area contributed by atoms with E-state index in [1.54, 1.807) is 12.4 Å². The van der Waals surface area contributed by atoms with Crippen molar-refractivity contribution >= 4 is 11.7 Å². The second-order valence-electron chi connectivity index (χ2n) is 4.34. The van der Waals surface area contributed by atoms with Gasteiger partial charge in [0.05, 0.1) is 11.9 Å². The molecule has 1 aliphatic rings. The van der Waals surface area contributed by atoms with Gasteiger partial charge in [0.15, 0.2) is 0 Å². The van der Waals surface area contributed by atoms with Crippen LogP contribution in [0.2, 0.25) is 0 Å². The number of hydrogen-bond donors (Lipinski definition) is 1. The quantitative estimate of drug-likeness (QED) is 0.788. The zero-order valence-electron chi connectivity index (χ0n) is 9.52. The molecule has 0 bridgehead atoms. The maximum absolute atomic E-state index is 11.9. The number of nitrogens with zero attached hydrogens (tertiary/aromatic N) is 2. The Morgan fingerprint density at radius 2 is 2.25 bits per heavy atom. The summed E-state index contributed by atoms with van der Waals surface area (Å²) in [5.41, 5.74) is 0.756. The number of nitrogens with one attached hydrogen (secondary N) is 1. The van der Waals surface area contributed by atoms with Gasteiger partial charge in [0.2, 0.25) is 0 Å². The van der Waals surface area contributed by atoms with Crippen LogP contribution in [0, 0.1) is 5.92 Å². The van der Waals surface area contributed by atoms with Crippen LogP contribution >= 0.6 is 0 Å². The first-order valence-electron chi connectivity index (χ1n) is 5.71. The Morgan fingerprint density at radius 1 is 1.50 bits per heavy atom. The minimum absolute atomic E-state index is 0.0140. The summed E-state index contributed by atoms with van der Waals surface area (Å²) in [5.74, 6) is 0.738. The zero-order valence-corrected chi connectivity index (χ0v) is 9.52. The van der Waals surface area contributed by atoms with Crippen LogP contribution in [0.5, 0.6) is 0 Å². The monoisotopic (exact) mass is 219 g/mol. The van der Waals surface area contributed by atoms with Crippen molar-refractivity contribution in [2.24, 2.45) is 5.92 Å². The first-order chi connectivity index (χ1) is 7.75. The molecule has 0 aromatic carbocycles. The topological polar surface area (TPSA) is 45.2 Å². The third kappa shape index (κ3) is 2.72. The lowest BCUT2D eigenvalue weighted by Gasteiger charge is -2.30. The van der Waals surface area contributed by atoms with E-state index < -0.39 is 0 Å². The van der Waals surface area contributed by atoms with Crippen molar-refractivity contribution in [1.82, 2.24) is 9.88 Å². The van der Waals surface area contributed by atoms with Crippen molar-refractivity contribution in [2.45, 2.75) is 19.8 Å². The number of piperidine rings is 1. The Kier molecular flexibility index (Phi) is 3.39. The Bertz CT molecular complexity index is 345. The summed E-state index contributed by atoms with van der Waals surface area (Å²) in [6.45, 7) is 3.94. The third-order valence-electron chi connectivity index (χ3n) is 2.98. The number of aromatic nitrogens is 1. The average molecular weight is 219 g/mol. The Labute approximate surface area is 95.7 Å². The van der Waals surface area contributed by atoms with Crippen LogP contribution in [0.4, 0.5) is 10.5 Å². The molecule has 1 N–H and O–H groups in total. The molecule has 2 amide bonds. The van der Waals surface area contributed by atoms with E-state index in [9.17, 15) is 4.79 Å². The van der Waals surface area contributed by atoms with Crippen molar-refractivity contribution in [3.8, 4) is 0 Å². The molecule has 16 heavy (non-hydrogen) atoms. The lowest BCUT2D eigenvalue weighted by molar-refractivity contribution is 0.186. The number of hydrogen-bond acceptors (Lipinski definition) is 2. The average Bonchev–Trinajstić information content (AvgIpc) is 2.31. The predicted octanol–water partition coefficient (Wildman–Crippen LogP) is 2.35. The highest BCUT2D eigenvalue weighted by Gasteiger charge is 2.19. The molecule has 1 aromatic rings. The fourth-order valence-corrected chi connectivity index (χ4v) is 1.85. The van der Waals surface area contributed by atoms with Gasteiger partial charge in [-0.15, -0.1) is 0 Å². The van der Waals surface area contributed by atoms with Gasteiger partial charge in [-0.3, -0.25) is 4.98 Å². The van der Waals surface area contributed by atoms with Crippen molar-refractivity contribution in [2.75, 3.05) is 18.4 Å². The van der Waals surface area contributed by atoms with Crippen LogP contribution in [0.3, 0.4) is 0 Å². The molecule has 2 rings (SSSR count). The summed E-state index contributed by atoms with van der Waals surface area (Å²) in [4.78, 5) is 17.7. The molecule has 4 nitrogen and oxygen atoms in total. The SMILES string of the molecule is CC1CCN(C(=O)Nc2cccnc2)CC1. The van der Waals surface area contributed by atoms with Gasteiger partial charge in [0, 0.05) is 19.3 Å². The van der Waals surface area contributed by atoms with Gasteiger partial charge in [-0.1, -0.05) is 6.92 Å². The predicted molar refractivity (Wildman–Crippen MR) is 63.2 cm³/mol. The molecule has 1 fully saturated rings. The van der Waals surface area contributed by atoms with Crippen LogP contribution in [-0.4, -0.2) is 29.0 Å². The fourth-order valence-electron chi connectivity index (χ4n) is 1.85. The first kappa shape index (κ1) is 10.9. The molecular formula is C12H17N3O. The lowest BCUT2D eigenvalue weighted by atomic mass is 10.00. The number of rotatable bonds is 1. The molecule has 0 atom stereocenters. The molecule has 0 saturated carbocycles. The van der Waals surface area contributed by atoms with E-state index in [1.165, 1.54) is 0 Å². The van der Waals surface area contributed by atoms with E-state index in [1.807, 2.05) is 17.0 Å². The van der Waals surface area contributed by atoms with Crippen molar-refractivity contribution in [3.63, 3.8) is 0 Å². The highest BCUT2D eigenvalue weighted by atomic mass is 16.2. The van der Waals surface area contributed by atoms with E-state index in [-0.39, 0.29) is 6.03 Å². The highest BCUT2D eigenvalue weighted by molar-refractivity contribution is 5.89. The second-order valence-corrected chi connectivity index (χ2v) is 4.34. The summed E-state index contributed by atoms with van der Waals surface area (Å²) in [7, 11) is 0. The zero-order chi connectivity index (χ0) is 11.4. The number of anilines is 1. The molecule has 0 radical (unpaired) electrons. The maximum atomic E-state index is 11.9. The van der Waals surface area contributed by atoms with E-state index in [0.717, 1.165) is 37.5 Å². The number of amides is 2. The summed E-state index contributed by atoms with van der Waals surface area (Å²) >= 11 is 0. The van der Waals surface area contributed by atoms with Gasteiger partial charge >= 0.3 is 6.03 Å². The van der Waals surface area contributed by atoms with E-state index in [2.05, 4.69) is 17.2 Å². The minimum atomic E-state index is -0.0140. The number of carbonyl (C=O) groups excluding carboxylic acids is 1. The second kappa shape index (κ2) is 4.96. The molecule has 4 heteroatoms. The Morgan fingerprint density at radius 3 is 2.88 bits per heavy atom. The standard InChI is InChI=1S/C12H17N3O/c1-10-4-7-15(8-5-10)12(16)14-11-3-2-6-13-9-11/h2-3,6,9-10H,4-5,7-8H2,1H3,(H,14,16). The fraction of sp³-hybridized carbons (Fsp3) is 0.500. The van der Waals surface area contributed by atoms with Gasteiger partial charge in [0.1, 0.15) is 0 Å². The van der Waals surface area contributed by atoms with Gasteiger partial charge in [0.25, 0.3) is 0 Å². The molecule has 0 aliphatic carbocycles. The molecule has 1 saturated heterocycles. The number of pyridine rings is 1. The molecule has 2 heterocycles. The molecule has 1 aromatic heterocycles. The summed E-state index contributed by atoms with van der Waals surface area (Å²) in [5, 5.41) is 2.85. The van der Waals surface area contributed by atoms with Crippen LogP contribution < -0.4 is 5.32 Å². The van der Waals surface area contributed by atoms with Gasteiger partial charge in [-0.25, -0.2) is 4.79 Å². The van der Waals surface area contributed by atoms with E-state index in [0.29, 0.717) is 0 Å².